The van der Waals surface area contributed by atoms with Gasteiger partial charge in [-0.25, -0.2) is 9.59 Å². The van der Waals surface area contributed by atoms with Crippen LogP contribution in [0.3, 0.4) is 0 Å². The van der Waals surface area contributed by atoms with Crippen LogP contribution in [-0.2, 0) is 4.74 Å². The number of carbonyl (C=O) groups is 1. The molecule has 0 N–H and O–H groups in total. The van der Waals surface area contributed by atoms with Crippen LogP contribution in [0.5, 0.6) is 0 Å². The van der Waals surface area contributed by atoms with Crippen LogP contribution in [0, 0.1) is 0 Å². The molecule has 0 fully saturated rings. The Morgan fingerprint density at radius 1 is 1.41 bits per heavy atom. The lowest BCUT2D eigenvalue weighted by atomic mass is 10.3. The van der Waals surface area contributed by atoms with Gasteiger partial charge in [-0.2, -0.15) is 4.68 Å². The summed E-state index contributed by atoms with van der Waals surface area (Å²) in [7, 11) is 0. The Bertz CT molecular complexity index is 571. The van der Waals surface area contributed by atoms with Crippen molar-refractivity contribution in [1.29, 1.82) is 0 Å². The van der Waals surface area contributed by atoms with Gasteiger partial charge in [0.2, 0.25) is 0 Å². The smallest absolute Gasteiger partial charge is 0.442 e. The second kappa shape index (κ2) is 4.65. The average Bonchev–Trinajstić information content (AvgIpc) is 2.73. The second-order valence-electron chi connectivity index (χ2n) is 3.14. The Hall–Kier alpha value is -2.37. The van der Waals surface area contributed by atoms with Crippen LogP contribution in [0.2, 0.25) is 0 Å². The minimum atomic E-state index is -0.751. The molecule has 1 aromatic carbocycles. The van der Waals surface area contributed by atoms with Crippen molar-refractivity contribution in [1.82, 2.24) is 9.78 Å². The standard InChI is InChI=1S/C11H10N2O4/c1-2-16-10(14)9-12-13(11(15)17-9)8-6-4-3-5-7-8/h3-7H,2H2,1H3. The molecule has 2 rings (SSSR count). The van der Waals surface area contributed by atoms with E-state index in [1.165, 1.54) is 0 Å². The third-order valence-electron chi connectivity index (χ3n) is 2.00. The largest absolute Gasteiger partial charge is 0.459 e. The fourth-order valence-corrected chi connectivity index (χ4v) is 1.29. The molecule has 0 aliphatic carbocycles. The first-order valence-corrected chi connectivity index (χ1v) is 5.05. The van der Waals surface area contributed by atoms with E-state index in [1.54, 1.807) is 37.3 Å². The highest BCUT2D eigenvalue weighted by Gasteiger charge is 2.17. The maximum atomic E-state index is 11.5. The van der Waals surface area contributed by atoms with Gasteiger partial charge in [0.1, 0.15) is 0 Å². The SMILES string of the molecule is CCOC(=O)c1nn(-c2ccccc2)c(=O)o1. The molecule has 88 valence electrons. The van der Waals surface area contributed by atoms with Crippen LogP contribution < -0.4 is 5.76 Å². The molecule has 0 saturated heterocycles. The van der Waals surface area contributed by atoms with Gasteiger partial charge in [0.05, 0.1) is 12.3 Å². The average molecular weight is 234 g/mol. The molecule has 1 heterocycles. The highest BCUT2D eigenvalue weighted by atomic mass is 16.6. The Labute approximate surface area is 96.4 Å². The van der Waals surface area contributed by atoms with Crippen LogP contribution in [0.1, 0.15) is 17.6 Å². The topological polar surface area (TPSA) is 74.3 Å². The summed E-state index contributed by atoms with van der Waals surface area (Å²) in [6, 6.07) is 8.67. The Balaban J connectivity index is 2.38. The molecule has 1 aromatic heterocycles. The minimum Gasteiger partial charge on any atom is -0.459 e. The van der Waals surface area contributed by atoms with Gasteiger partial charge in [-0.15, -0.1) is 5.10 Å². The van der Waals surface area contributed by atoms with E-state index in [9.17, 15) is 9.59 Å². The number of hydrogen-bond donors (Lipinski definition) is 0. The first-order chi connectivity index (χ1) is 8.22. The first kappa shape index (κ1) is 11.1. The van der Waals surface area contributed by atoms with Crippen molar-refractivity contribution in [2.75, 3.05) is 6.61 Å². The van der Waals surface area contributed by atoms with E-state index in [2.05, 4.69) is 9.84 Å². The van der Waals surface area contributed by atoms with Crippen molar-refractivity contribution in [3.05, 3.63) is 46.8 Å². The number of nitrogens with zero attached hydrogens (tertiary/aromatic N) is 2. The zero-order valence-corrected chi connectivity index (χ0v) is 9.12. The van der Waals surface area contributed by atoms with Gasteiger partial charge in [0.15, 0.2) is 0 Å². The van der Waals surface area contributed by atoms with E-state index in [0.717, 1.165) is 4.68 Å². The van der Waals surface area contributed by atoms with Crippen LogP contribution in [0.4, 0.5) is 0 Å². The third kappa shape index (κ3) is 2.25. The molecule has 6 nitrogen and oxygen atoms in total. The molecule has 0 aliphatic rings. The summed E-state index contributed by atoms with van der Waals surface area (Å²) in [6.45, 7) is 1.85. The number of carbonyl (C=O) groups excluding carboxylic acids is 1. The molecule has 2 aromatic rings. The third-order valence-corrected chi connectivity index (χ3v) is 2.00. The van der Waals surface area contributed by atoms with Crippen LogP contribution >= 0.6 is 0 Å². The summed E-state index contributed by atoms with van der Waals surface area (Å²) in [5, 5.41) is 3.76. The van der Waals surface area contributed by atoms with Crippen molar-refractivity contribution in [2.24, 2.45) is 0 Å². The number of hydrogen-bond acceptors (Lipinski definition) is 5. The lowest BCUT2D eigenvalue weighted by Gasteiger charge is -1.96. The van der Waals surface area contributed by atoms with Gasteiger partial charge in [0.25, 0.3) is 0 Å². The molecule has 0 spiro atoms. The quantitative estimate of drug-likeness (QED) is 0.740. The monoisotopic (exact) mass is 234 g/mol. The van der Waals surface area contributed by atoms with Gasteiger partial charge < -0.3 is 9.15 Å². The molecule has 0 aliphatic heterocycles. The van der Waals surface area contributed by atoms with Crippen molar-refractivity contribution in [3.63, 3.8) is 0 Å². The summed E-state index contributed by atoms with van der Waals surface area (Å²) in [5.74, 6) is -1.82. The van der Waals surface area contributed by atoms with E-state index < -0.39 is 11.7 Å². The van der Waals surface area contributed by atoms with Gasteiger partial charge in [0, 0.05) is 0 Å². The fraction of sp³-hybridized carbons (Fsp3) is 0.182. The molecular weight excluding hydrogens is 224 g/mol. The lowest BCUT2D eigenvalue weighted by molar-refractivity contribution is 0.0478. The van der Waals surface area contributed by atoms with Crippen LogP contribution in [-0.4, -0.2) is 22.4 Å². The summed E-state index contributed by atoms with van der Waals surface area (Å²) in [5.41, 5.74) is 0.525. The van der Waals surface area contributed by atoms with Crippen molar-refractivity contribution < 1.29 is 13.9 Å². The van der Waals surface area contributed by atoms with Crippen molar-refractivity contribution in [2.45, 2.75) is 6.92 Å². The van der Waals surface area contributed by atoms with E-state index >= 15 is 0 Å². The van der Waals surface area contributed by atoms with Crippen LogP contribution in [0.15, 0.2) is 39.5 Å². The first-order valence-electron chi connectivity index (χ1n) is 5.05. The number of esters is 1. The van der Waals surface area contributed by atoms with Gasteiger partial charge >= 0.3 is 17.6 Å². The predicted octanol–water partition coefficient (Wildman–Crippen LogP) is 1.00. The molecule has 0 unspecified atom stereocenters. The molecule has 0 radical (unpaired) electrons. The van der Waals surface area contributed by atoms with Crippen molar-refractivity contribution in [3.8, 4) is 5.69 Å². The molecule has 0 atom stereocenters. The second-order valence-corrected chi connectivity index (χ2v) is 3.14. The van der Waals surface area contributed by atoms with E-state index in [-0.39, 0.29) is 12.5 Å². The number of benzene rings is 1. The summed E-state index contributed by atoms with van der Waals surface area (Å²) >= 11 is 0. The van der Waals surface area contributed by atoms with Crippen LogP contribution in [0.25, 0.3) is 5.69 Å². The van der Waals surface area contributed by atoms with Gasteiger partial charge in [-0.1, -0.05) is 18.2 Å². The van der Waals surface area contributed by atoms with E-state index in [1.807, 2.05) is 0 Å². The Kier molecular flexibility index (Phi) is 3.04. The normalized spacial score (nSPS) is 10.2. The Morgan fingerprint density at radius 2 is 2.12 bits per heavy atom. The number of aromatic nitrogens is 2. The maximum absolute atomic E-state index is 11.5. The lowest BCUT2D eigenvalue weighted by Crippen LogP contribution is -2.13. The summed E-state index contributed by atoms with van der Waals surface area (Å²) in [4.78, 5) is 22.8. The predicted molar refractivity (Wildman–Crippen MR) is 58.1 cm³/mol. The Morgan fingerprint density at radius 3 is 2.76 bits per heavy atom. The molecular formula is C11H10N2O4. The zero-order chi connectivity index (χ0) is 12.3. The zero-order valence-electron chi connectivity index (χ0n) is 9.12. The number of ether oxygens (including phenoxy) is 1. The van der Waals surface area contributed by atoms with E-state index in [4.69, 9.17) is 4.42 Å². The number of rotatable bonds is 3. The molecule has 0 saturated carbocycles. The maximum Gasteiger partial charge on any atom is 0.442 e. The summed E-state index contributed by atoms with van der Waals surface area (Å²) in [6.07, 6.45) is 0. The van der Waals surface area contributed by atoms with E-state index in [0.29, 0.717) is 5.69 Å². The molecule has 6 heteroatoms. The van der Waals surface area contributed by atoms with Gasteiger partial charge in [-0.3, -0.25) is 0 Å². The molecule has 0 amide bonds. The summed E-state index contributed by atoms with van der Waals surface area (Å²) < 4.78 is 10.4. The number of para-hydroxylation sites is 1. The molecule has 17 heavy (non-hydrogen) atoms. The highest BCUT2D eigenvalue weighted by molar-refractivity contribution is 5.83. The molecule has 0 bridgehead atoms. The minimum absolute atomic E-state index is 0.195. The van der Waals surface area contributed by atoms with Crippen molar-refractivity contribution >= 4 is 5.97 Å². The fourth-order valence-electron chi connectivity index (χ4n) is 1.29. The van der Waals surface area contributed by atoms with Gasteiger partial charge in [-0.05, 0) is 19.1 Å². The highest BCUT2D eigenvalue weighted by Crippen LogP contribution is 2.03.